The quantitative estimate of drug-likeness (QED) is 0.328. The first-order valence-electron chi connectivity index (χ1n) is 10.5. The first-order valence-corrected chi connectivity index (χ1v) is 10.5. The van der Waals surface area contributed by atoms with E-state index in [2.05, 4.69) is 4.74 Å². The predicted octanol–water partition coefficient (Wildman–Crippen LogP) is 6.01. The third kappa shape index (κ3) is 6.13. The average molecular weight is 449 g/mol. The summed E-state index contributed by atoms with van der Waals surface area (Å²) in [5.41, 5.74) is 3.65. The minimum Gasteiger partial charge on any atom is -0.466 e. The molecule has 0 fully saturated rings. The van der Waals surface area contributed by atoms with Crippen molar-refractivity contribution >= 4 is 23.6 Å². The fourth-order valence-electron chi connectivity index (χ4n) is 3.30. The van der Waals surface area contributed by atoms with Crippen LogP contribution in [0.4, 0.5) is 14.5 Å². The molecule has 0 bridgehead atoms. The van der Waals surface area contributed by atoms with E-state index in [0.29, 0.717) is 17.8 Å². The fourth-order valence-corrected chi connectivity index (χ4v) is 3.30. The van der Waals surface area contributed by atoms with Gasteiger partial charge in [0.2, 0.25) is 5.91 Å². The summed E-state index contributed by atoms with van der Waals surface area (Å²) in [5, 5.41) is 0. The van der Waals surface area contributed by atoms with Gasteiger partial charge in [-0.25, -0.2) is 13.6 Å². The third-order valence-electron chi connectivity index (χ3n) is 5.10. The van der Waals surface area contributed by atoms with Crippen LogP contribution in [0.1, 0.15) is 25.0 Å². The average Bonchev–Trinajstić information content (AvgIpc) is 2.82. The van der Waals surface area contributed by atoms with Gasteiger partial charge in [0.25, 0.3) is 0 Å². The van der Waals surface area contributed by atoms with E-state index in [0.717, 1.165) is 28.8 Å². The van der Waals surface area contributed by atoms with E-state index in [-0.39, 0.29) is 11.8 Å². The van der Waals surface area contributed by atoms with Gasteiger partial charge in [-0.1, -0.05) is 56.3 Å². The van der Waals surface area contributed by atoms with Crippen molar-refractivity contribution < 1.29 is 23.1 Å². The number of anilines is 1. The summed E-state index contributed by atoms with van der Waals surface area (Å²) in [6.07, 6.45) is 2.95. The number of nitrogens with zero attached hydrogens (tertiary/aromatic N) is 1. The maximum absolute atomic E-state index is 13.6. The Hall–Kier alpha value is -3.80. The van der Waals surface area contributed by atoms with Crippen LogP contribution in [0.2, 0.25) is 0 Å². The Morgan fingerprint density at radius 2 is 1.64 bits per heavy atom. The van der Waals surface area contributed by atoms with Gasteiger partial charge in [-0.3, -0.25) is 4.79 Å². The van der Waals surface area contributed by atoms with Crippen LogP contribution in [0.5, 0.6) is 0 Å². The number of carbonyl (C=O) groups excluding carboxylic acids is 2. The largest absolute Gasteiger partial charge is 0.466 e. The van der Waals surface area contributed by atoms with E-state index in [1.807, 2.05) is 62.4 Å². The van der Waals surface area contributed by atoms with Gasteiger partial charge in [-0.2, -0.15) is 0 Å². The van der Waals surface area contributed by atoms with Gasteiger partial charge in [-0.15, -0.1) is 0 Å². The summed E-state index contributed by atoms with van der Waals surface area (Å²) in [6.45, 7) is 4.00. The molecule has 0 aromatic heterocycles. The van der Waals surface area contributed by atoms with E-state index in [4.69, 9.17) is 0 Å². The van der Waals surface area contributed by atoms with Crippen LogP contribution in [0.25, 0.3) is 17.2 Å². The van der Waals surface area contributed by atoms with Crippen molar-refractivity contribution in [2.75, 3.05) is 12.0 Å². The van der Waals surface area contributed by atoms with Crippen LogP contribution in [-0.4, -0.2) is 19.0 Å². The molecule has 0 aliphatic heterocycles. The molecule has 4 nitrogen and oxygen atoms in total. The lowest BCUT2D eigenvalue weighted by Crippen LogP contribution is -2.33. The monoisotopic (exact) mass is 449 g/mol. The van der Waals surface area contributed by atoms with E-state index in [1.165, 1.54) is 19.3 Å². The maximum Gasteiger partial charge on any atom is 0.330 e. The topological polar surface area (TPSA) is 46.6 Å². The molecule has 3 aromatic rings. The summed E-state index contributed by atoms with van der Waals surface area (Å²) >= 11 is 0. The van der Waals surface area contributed by atoms with E-state index in [1.54, 1.807) is 11.0 Å². The summed E-state index contributed by atoms with van der Waals surface area (Å²) in [7, 11) is 1.31. The zero-order valence-electron chi connectivity index (χ0n) is 18.7. The van der Waals surface area contributed by atoms with Crippen molar-refractivity contribution in [3.05, 3.63) is 95.6 Å². The van der Waals surface area contributed by atoms with Gasteiger partial charge >= 0.3 is 5.97 Å². The van der Waals surface area contributed by atoms with Crippen molar-refractivity contribution in [3.63, 3.8) is 0 Å². The second kappa shape index (κ2) is 10.7. The molecule has 33 heavy (non-hydrogen) atoms. The lowest BCUT2D eigenvalue weighted by Gasteiger charge is -2.25. The Bertz CT molecular complexity index is 1170. The van der Waals surface area contributed by atoms with Crippen molar-refractivity contribution in [2.45, 2.75) is 20.4 Å². The minimum absolute atomic E-state index is 0.0474. The van der Waals surface area contributed by atoms with Gasteiger partial charge in [0.1, 0.15) is 0 Å². The Kier molecular flexibility index (Phi) is 7.72. The molecule has 0 atom stereocenters. The van der Waals surface area contributed by atoms with Gasteiger partial charge < -0.3 is 9.64 Å². The fraction of sp³-hybridized carbons (Fsp3) is 0.185. The highest BCUT2D eigenvalue weighted by atomic mass is 19.2. The molecule has 3 rings (SSSR count). The Labute approximate surface area is 192 Å². The number of rotatable bonds is 7. The second-order valence-electron chi connectivity index (χ2n) is 7.86. The molecular formula is C27H25F2NO3. The standard InChI is InChI=1S/C27H25F2NO3/c1-18(2)27(32)30(23-6-4-5-19(15-23)9-14-26(31)33-3)17-20-7-10-21(11-8-20)22-12-13-24(28)25(29)16-22/h4-16,18H,17H2,1-3H3/b14-9+. The van der Waals surface area contributed by atoms with Crippen molar-refractivity contribution in [1.29, 1.82) is 0 Å². The normalized spacial score (nSPS) is 11.1. The predicted molar refractivity (Wildman–Crippen MR) is 125 cm³/mol. The first kappa shape index (κ1) is 23.9. The molecule has 0 N–H and O–H groups in total. The highest BCUT2D eigenvalue weighted by molar-refractivity contribution is 5.95. The molecule has 0 heterocycles. The van der Waals surface area contributed by atoms with E-state index in [9.17, 15) is 18.4 Å². The minimum atomic E-state index is -0.897. The number of esters is 1. The van der Waals surface area contributed by atoms with Crippen molar-refractivity contribution in [3.8, 4) is 11.1 Å². The van der Waals surface area contributed by atoms with Crippen LogP contribution in [0, 0.1) is 17.6 Å². The zero-order valence-corrected chi connectivity index (χ0v) is 18.7. The van der Waals surface area contributed by atoms with E-state index < -0.39 is 17.6 Å². The van der Waals surface area contributed by atoms with Crippen LogP contribution < -0.4 is 4.90 Å². The summed E-state index contributed by atoms with van der Waals surface area (Å²) in [4.78, 5) is 26.1. The zero-order chi connectivity index (χ0) is 24.0. The molecule has 3 aromatic carbocycles. The lowest BCUT2D eigenvalue weighted by atomic mass is 10.0. The molecule has 0 saturated carbocycles. The molecule has 0 aliphatic rings. The van der Waals surface area contributed by atoms with Crippen molar-refractivity contribution in [2.24, 2.45) is 5.92 Å². The third-order valence-corrected chi connectivity index (χ3v) is 5.10. The first-order chi connectivity index (χ1) is 15.8. The number of hydrogen-bond acceptors (Lipinski definition) is 3. The number of methoxy groups -OCH3 is 1. The summed E-state index contributed by atoms with van der Waals surface area (Å²) < 4.78 is 31.4. The molecule has 0 spiro atoms. The molecule has 170 valence electrons. The molecular weight excluding hydrogens is 424 g/mol. The van der Waals surface area contributed by atoms with Gasteiger partial charge in [0.15, 0.2) is 11.6 Å². The highest BCUT2D eigenvalue weighted by Crippen LogP contribution is 2.25. The Morgan fingerprint density at radius 1 is 0.939 bits per heavy atom. The van der Waals surface area contributed by atoms with Crippen LogP contribution >= 0.6 is 0 Å². The molecule has 0 radical (unpaired) electrons. The Morgan fingerprint density at radius 3 is 2.27 bits per heavy atom. The molecule has 0 aliphatic carbocycles. The maximum atomic E-state index is 13.6. The van der Waals surface area contributed by atoms with Gasteiger partial charge in [0.05, 0.1) is 13.7 Å². The number of halogens is 2. The highest BCUT2D eigenvalue weighted by Gasteiger charge is 2.19. The van der Waals surface area contributed by atoms with Crippen LogP contribution in [-0.2, 0) is 20.9 Å². The number of hydrogen-bond donors (Lipinski definition) is 0. The Balaban J connectivity index is 1.87. The van der Waals surface area contributed by atoms with Gasteiger partial charge in [-0.05, 0) is 52.6 Å². The summed E-state index contributed by atoms with van der Waals surface area (Å²) in [6, 6.07) is 18.4. The number of carbonyl (C=O) groups is 2. The number of benzene rings is 3. The SMILES string of the molecule is COC(=O)/C=C/c1cccc(N(Cc2ccc(-c3ccc(F)c(F)c3)cc2)C(=O)C(C)C)c1. The molecule has 1 amide bonds. The molecule has 6 heteroatoms. The second-order valence-corrected chi connectivity index (χ2v) is 7.86. The van der Waals surface area contributed by atoms with Gasteiger partial charge in [0, 0.05) is 17.7 Å². The molecule has 0 saturated heterocycles. The van der Waals surface area contributed by atoms with E-state index >= 15 is 0 Å². The number of ether oxygens (including phenoxy) is 1. The molecule has 0 unspecified atom stereocenters. The van der Waals surface area contributed by atoms with Crippen LogP contribution in [0.3, 0.4) is 0 Å². The summed E-state index contributed by atoms with van der Waals surface area (Å²) in [5.74, 6) is -2.51. The van der Waals surface area contributed by atoms with Crippen LogP contribution in [0.15, 0.2) is 72.8 Å². The smallest absolute Gasteiger partial charge is 0.330 e. The van der Waals surface area contributed by atoms with Crippen molar-refractivity contribution in [1.82, 2.24) is 0 Å². The number of amides is 1. The lowest BCUT2D eigenvalue weighted by molar-refractivity contribution is -0.134.